The molecule has 1 heterocycles. The van der Waals surface area contributed by atoms with Crippen molar-refractivity contribution in [2.75, 3.05) is 12.2 Å². The van der Waals surface area contributed by atoms with Crippen LogP contribution in [0, 0.1) is 10.1 Å². The first-order chi connectivity index (χ1) is 12.3. The van der Waals surface area contributed by atoms with Crippen LogP contribution in [-0.2, 0) is 6.18 Å². The fourth-order valence-electron chi connectivity index (χ4n) is 2.16. The van der Waals surface area contributed by atoms with Crippen LogP contribution in [0.15, 0.2) is 39.9 Å². The van der Waals surface area contributed by atoms with Crippen molar-refractivity contribution < 1.29 is 27.6 Å². The summed E-state index contributed by atoms with van der Waals surface area (Å²) in [5.41, 5.74) is 0.946. The number of hydrazone groups is 1. The average Bonchev–Trinajstić information content (AvgIpc) is 3.01. The minimum atomic E-state index is -4.68. The summed E-state index contributed by atoms with van der Waals surface area (Å²) in [6, 6.07) is 5.45. The van der Waals surface area contributed by atoms with Crippen LogP contribution < -0.4 is 14.9 Å². The Labute approximate surface area is 152 Å². The van der Waals surface area contributed by atoms with Crippen molar-refractivity contribution in [1.29, 1.82) is 0 Å². The maximum Gasteiger partial charge on any atom is 0.416 e. The SMILES string of the molecule is O=[N+]([O-])c1cc(C(F)(F)F)ccc1N/N=C/c1cc2c(cc1Br)OCO2. The molecule has 0 amide bonds. The summed E-state index contributed by atoms with van der Waals surface area (Å²) < 4.78 is 49.1. The fourth-order valence-corrected chi connectivity index (χ4v) is 2.58. The fraction of sp³-hybridized carbons (Fsp3) is 0.133. The summed E-state index contributed by atoms with van der Waals surface area (Å²) in [7, 11) is 0. The number of alkyl halides is 3. The van der Waals surface area contributed by atoms with Crippen LogP contribution in [0.1, 0.15) is 11.1 Å². The maximum absolute atomic E-state index is 12.7. The first-order valence-electron chi connectivity index (χ1n) is 6.99. The summed E-state index contributed by atoms with van der Waals surface area (Å²) in [5, 5.41) is 14.9. The minimum Gasteiger partial charge on any atom is -0.454 e. The van der Waals surface area contributed by atoms with Crippen LogP contribution in [0.2, 0.25) is 0 Å². The van der Waals surface area contributed by atoms with Gasteiger partial charge >= 0.3 is 6.18 Å². The van der Waals surface area contributed by atoms with E-state index in [9.17, 15) is 23.3 Å². The van der Waals surface area contributed by atoms with Gasteiger partial charge in [0.05, 0.1) is 16.7 Å². The summed E-state index contributed by atoms with van der Waals surface area (Å²) >= 11 is 3.32. The molecular formula is C15H9BrF3N3O4. The number of hydrogen-bond donors (Lipinski definition) is 1. The Morgan fingerprint density at radius 1 is 1.23 bits per heavy atom. The van der Waals surface area contributed by atoms with E-state index in [0.717, 1.165) is 12.1 Å². The number of anilines is 1. The molecule has 0 aromatic heterocycles. The Hall–Kier alpha value is -2.82. The van der Waals surface area contributed by atoms with Gasteiger partial charge in [-0.25, -0.2) is 0 Å². The number of fused-ring (bicyclic) bond motifs is 1. The van der Waals surface area contributed by atoms with Gasteiger partial charge in [-0.3, -0.25) is 15.5 Å². The molecule has 0 fully saturated rings. The van der Waals surface area contributed by atoms with E-state index < -0.39 is 22.4 Å². The van der Waals surface area contributed by atoms with Gasteiger partial charge in [-0.1, -0.05) is 0 Å². The molecule has 136 valence electrons. The lowest BCUT2D eigenvalue weighted by Crippen LogP contribution is -2.06. The van der Waals surface area contributed by atoms with Crippen LogP contribution in [0.5, 0.6) is 11.5 Å². The Morgan fingerprint density at radius 3 is 2.58 bits per heavy atom. The van der Waals surface area contributed by atoms with Gasteiger partial charge in [0.2, 0.25) is 6.79 Å². The molecule has 0 radical (unpaired) electrons. The van der Waals surface area contributed by atoms with Crippen molar-refractivity contribution >= 4 is 33.5 Å². The number of hydrogen-bond acceptors (Lipinski definition) is 6. The van der Waals surface area contributed by atoms with E-state index in [1.807, 2.05) is 0 Å². The zero-order valence-corrected chi connectivity index (χ0v) is 14.3. The van der Waals surface area contributed by atoms with E-state index in [1.165, 1.54) is 6.21 Å². The highest BCUT2D eigenvalue weighted by atomic mass is 79.9. The van der Waals surface area contributed by atoms with Crippen molar-refractivity contribution in [3.63, 3.8) is 0 Å². The Kier molecular flexibility index (Phi) is 4.72. The molecule has 0 saturated carbocycles. The molecule has 0 atom stereocenters. The molecule has 0 bridgehead atoms. The second-order valence-corrected chi connectivity index (χ2v) is 5.94. The van der Waals surface area contributed by atoms with Crippen LogP contribution in [0.3, 0.4) is 0 Å². The van der Waals surface area contributed by atoms with Crippen LogP contribution >= 0.6 is 15.9 Å². The van der Waals surface area contributed by atoms with Gasteiger partial charge in [-0.15, -0.1) is 0 Å². The molecule has 26 heavy (non-hydrogen) atoms. The molecule has 0 saturated heterocycles. The average molecular weight is 432 g/mol. The van der Waals surface area contributed by atoms with Gasteiger partial charge in [0.25, 0.3) is 5.69 Å². The lowest BCUT2D eigenvalue weighted by atomic mass is 10.1. The summed E-state index contributed by atoms with van der Waals surface area (Å²) in [6.07, 6.45) is -3.34. The van der Waals surface area contributed by atoms with Gasteiger partial charge in [-0.05, 0) is 40.2 Å². The van der Waals surface area contributed by atoms with Crippen molar-refractivity contribution in [1.82, 2.24) is 0 Å². The summed E-state index contributed by atoms with van der Waals surface area (Å²) in [4.78, 5) is 10.1. The highest BCUT2D eigenvalue weighted by molar-refractivity contribution is 9.10. The smallest absolute Gasteiger partial charge is 0.416 e. The molecule has 3 rings (SSSR count). The van der Waals surface area contributed by atoms with Gasteiger partial charge < -0.3 is 9.47 Å². The molecule has 2 aromatic carbocycles. The number of halogens is 4. The number of rotatable bonds is 4. The highest BCUT2D eigenvalue weighted by Gasteiger charge is 2.33. The van der Waals surface area contributed by atoms with Gasteiger partial charge in [0.1, 0.15) is 5.69 Å². The van der Waals surface area contributed by atoms with E-state index in [1.54, 1.807) is 12.1 Å². The van der Waals surface area contributed by atoms with Crippen LogP contribution in [-0.4, -0.2) is 17.9 Å². The van der Waals surface area contributed by atoms with E-state index in [-0.39, 0.29) is 12.5 Å². The predicted molar refractivity (Wildman–Crippen MR) is 89.6 cm³/mol. The number of benzene rings is 2. The minimum absolute atomic E-state index is 0.0956. The van der Waals surface area contributed by atoms with Crippen LogP contribution in [0.4, 0.5) is 24.5 Å². The van der Waals surface area contributed by atoms with Gasteiger partial charge in [-0.2, -0.15) is 18.3 Å². The van der Waals surface area contributed by atoms with E-state index in [0.29, 0.717) is 27.6 Å². The van der Waals surface area contributed by atoms with Gasteiger partial charge in [0.15, 0.2) is 11.5 Å². The lowest BCUT2D eigenvalue weighted by Gasteiger charge is -2.08. The van der Waals surface area contributed by atoms with Crippen molar-refractivity contribution in [2.24, 2.45) is 5.10 Å². The number of nitrogens with one attached hydrogen (secondary N) is 1. The molecule has 1 N–H and O–H groups in total. The van der Waals surface area contributed by atoms with Crippen LogP contribution in [0.25, 0.3) is 0 Å². The zero-order chi connectivity index (χ0) is 18.9. The second kappa shape index (κ2) is 6.83. The number of nitrogens with zero attached hydrogens (tertiary/aromatic N) is 2. The lowest BCUT2D eigenvalue weighted by molar-refractivity contribution is -0.384. The topological polar surface area (TPSA) is 86.0 Å². The van der Waals surface area contributed by atoms with Crippen molar-refractivity contribution in [3.05, 3.63) is 56.0 Å². The molecule has 7 nitrogen and oxygen atoms in total. The van der Waals surface area contributed by atoms with Gasteiger partial charge in [0, 0.05) is 16.1 Å². The highest BCUT2D eigenvalue weighted by Crippen LogP contribution is 2.37. The van der Waals surface area contributed by atoms with Crippen molar-refractivity contribution in [2.45, 2.75) is 6.18 Å². The predicted octanol–water partition coefficient (Wildman–Crippen LogP) is 4.55. The standard InChI is InChI=1S/C15H9BrF3N3O4/c16-10-5-14-13(25-7-26-14)3-8(10)6-20-21-11-2-1-9(15(17,18)19)4-12(11)22(23)24/h1-6,21H,7H2/b20-6+. The monoisotopic (exact) mass is 431 g/mol. The maximum atomic E-state index is 12.7. The summed E-state index contributed by atoms with van der Waals surface area (Å²) in [5.74, 6) is 1.07. The van der Waals surface area contributed by atoms with E-state index in [2.05, 4.69) is 26.5 Å². The molecule has 0 spiro atoms. The summed E-state index contributed by atoms with van der Waals surface area (Å²) in [6.45, 7) is 0.0956. The molecule has 0 aliphatic carbocycles. The zero-order valence-electron chi connectivity index (χ0n) is 12.7. The first kappa shape index (κ1) is 18.0. The Balaban J connectivity index is 1.83. The number of nitro benzene ring substituents is 1. The van der Waals surface area contributed by atoms with E-state index in [4.69, 9.17) is 9.47 Å². The Bertz CT molecular complexity index is 902. The molecule has 11 heteroatoms. The third-order valence-electron chi connectivity index (χ3n) is 3.40. The second-order valence-electron chi connectivity index (χ2n) is 5.08. The molecule has 0 unspecified atom stereocenters. The molecule has 1 aliphatic heterocycles. The Morgan fingerprint density at radius 2 is 1.92 bits per heavy atom. The number of ether oxygens (including phenoxy) is 2. The normalized spacial score (nSPS) is 13.2. The molecular weight excluding hydrogens is 423 g/mol. The molecule has 2 aromatic rings. The van der Waals surface area contributed by atoms with E-state index >= 15 is 0 Å². The third kappa shape index (κ3) is 3.72. The first-order valence-corrected chi connectivity index (χ1v) is 7.79. The largest absolute Gasteiger partial charge is 0.454 e. The van der Waals surface area contributed by atoms with Crippen molar-refractivity contribution in [3.8, 4) is 11.5 Å². The third-order valence-corrected chi connectivity index (χ3v) is 4.09. The quantitative estimate of drug-likeness (QED) is 0.435. The molecule has 1 aliphatic rings. The number of nitro groups is 1.